The van der Waals surface area contributed by atoms with Gasteiger partial charge in [0.05, 0.1) is 12.2 Å². The van der Waals surface area contributed by atoms with Crippen LogP contribution in [0.15, 0.2) is 12.4 Å². The van der Waals surface area contributed by atoms with Gasteiger partial charge in [0, 0.05) is 12.7 Å². The summed E-state index contributed by atoms with van der Waals surface area (Å²) in [6.45, 7) is 0.624. The molecule has 2 rings (SSSR count). The van der Waals surface area contributed by atoms with Gasteiger partial charge in [-0.1, -0.05) is 19.3 Å². The van der Waals surface area contributed by atoms with Crippen LogP contribution >= 0.6 is 0 Å². The molecule has 0 aromatic carbocycles. The van der Waals surface area contributed by atoms with Crippen LogP contribution in [0, 0.1) is 5.92 Å². The van der Waals surface area contributed by atoms with E-state index in [9.17, 15) is 4.79 Å². The molecule has 5 heteroatoms. The highest BCUT2D eigenvalue weighted by Crippen LogP contribution is 2.25. The van der Waals surface area contributed by atoms with Crippen molar-refractivity contribution in [3.8, 4) is 0 Å². The molecule has 0 saturated heterocycles. The zero-order valence-corrected chi connectivity index (χ0v) is 10.7. The minimum absolute atomic E-state index is 0.00889. The number of hydrogen-bond acceptors (Lipinski definition) is 3. The first-order valence-electron chi connectivity index (χ1n) is 6.78. The normalized spacial score (nSPS) is 18.5. The van der Waals surface area contributed by atoms with Crippen LogP contribution in [-0.2, 0) is 11.2 Å². The minimum Gasteiger partial charge on any atom is -0.354 e. The van der Waals surface area contributed by atoms with Gasteiger partial charge in [-0.3, -0.25) is 9.89 Å². The van der Waals surface area contributed by atoms with Crippen LogP contribution in [0.2, 0.25) is 0 Å². The molecular weight excluding hydrogens is 228 g/mol. The van der Waals surface area contributed by atoms with Crippen molar-refractivity contribution >= 4 is 5.91 Å². The molecule has 18 heavy (non-hydrogen) atoms. The Morgan fingerprint density at radius 3 is 2.94 bits per heavy atom. The zero-order chi connectivity index (χ0) is 12.8. The number of aromatic nitrogens is 2. The second-order valence-electron chi connectivity index (χ2n) is 5.07. The smallest absolute Gasteiger partial charge is 0.237 e. The van der Waals surface area contributed by atoms with Crippen molar-refractivity contribution in [1.29, 1.82) is 0 Å². The predicted octanol–water partition coefficient (Wildman–Crippen LogP) is 0.976. The number of nitrogens with one attached hydrogen (secondary N) is 2. The average Bonchev–Trinajstić information content (AvgIpc) is 2.92. The van der Waals surface area contributed by atoms with E-state index in [1.165, 1.54) is 19.3 Å². The first kappa shape index (κ1) is 13.1. The molecule has 1 aliphatic rings. The fourth-order valence-electron chi connectivity index (χ4n) is 2.57. The topological polar surface area (TPSA) is 83.8 Å². The van der Waals surface area contributed by atoms with Crippen LogP contribution in [0.5, 0.6) is 0 Å². The van der Waals surface area contributed by atoms with Crippen molar-refractivity contribution in [2.24, 2.45) is 11.7 Å². The highest BCUT2D eigenvalue weighted by atomic mass is 16.2. The summed E-state index contributed by atoms with van der Waals surface area (Å²) in [5, 5.41) is 9.53. The minimum atomic E-state index is -0.338. The fourth-order valence-corrected chi connectivity index (χ4v) is 2.57. The lowest BCUT2D eigenvalue weighted by atomic mass is 9.84. The summed E-state index contributed by atoms with van der Waals surface area (Å²) in [5.74, 6) is 0.359. The van der Waals surface area contributed by atoms with Gasteiger partial charge in [-0.15, -0.1) is 0 Å². The first-order valence-corrected chi connectivity index (χ1v) is 6.78. The molecule has 5 nitrogen and oxygen atoms in total. The van der Waals surface area contributed by atoms with Gasteiger partial charge < -0.3 is 11.1 Å². The maximum atomic E-state index is 11.9. The molecule has 1 heterocycles. The van der Waals surface area contributed by atoms with E-state index in [1.54, 1.807) is 6.20 Å². The molecule has 1 aromatic rings. The highest BCUT2D eigenvalue weighted by molar-refractivity contribution is 5.81. The lowest BCUT2D eigenvalue weighted by Crippen LogP contribution is -2.46. The molecule has 0 bridgehead atoms. The third kappa shape index (κ3) is 3.57. The number of nitrogens with two attached hydrogens (primary N) is 1. The van der Waals surface area contributed by atoms with Crippen LogP contribution in [0.4, 0.5) is 0 Å². The molecule has 1 saturated carbocycles. The van der Waals surface area contributed by atoms with Crippen molar-refractivity contribution in [2.45, 2.75) is 44.6 Å². The van der Waals surface area contributed by atoms with Crippen molar-refractivity contribution in [2.75, 3.05) is 6.54 Å². The molecule has 1 fully saturated rings. The molecule has 0 aliphatic heterocycles. The van der Waals surface area contributed by atoms with Crippen LogP contribution in [-0.4, -0.2) is 28.7 Å². The number of aromatic amines is 1. The number of amides is 1. The molecular formula is C13H22N4O. The zero-order valence-electron chi connectivity index (χ0n) is 10.7. The van der Waals surface area contributed by atoms with Gasteiger partial charge in [-0.2, -0.15) is 5.10 Å². The van der Waals surface area contributed by atoms with Gasteiger partial charge in [0.1, 0.15) is 0 Å². The number of hydrogen-bond donors (Lipinski definition) is 3. The fraction of sp³-hybridized carbons (Fsp3) is 0.692. The van der Waals surface area contributed by atoms with Gasteiger partial charge in [0.2, 0.25) is 5.91 Å². The maximum Gasteiger partial charge on any atom is 0.237 e. The van der Waals surface area contributed by atoms with E-state index in [4.69, 9.17) is 5.73 Å². The SMILES string of the molecule is N[C@@H](C(=O)NCCc1cn[nH]c1)C1CCCCC1. The van der Waals surface area contributed by atoms with Crippen LogP contribution in [0.25, 0.3) is 0 Å². The van der Waals surface area contributed by atoms with Gasteiger partial charge >= 0.3 is 0 Å². The van der Waals surface area contributed by atoms with Crippen molar-refractivity contribution in [1.82, 2.24) is 15.5 Å². The molecule has 1 atom stereocenters. The Kier molecular flexibility index (Phi) is 4.75. The van der Waals surface area contributed by atoms with Crippen LogP contribution < -0.4 is 11.1 Å². The largest absolute Gasteiger partial charge is 0.354 e. The Labute approximate surface area is 108 Å². The van der Waals surface area contributed by atoms with Gasteiger partial charge in [-0.05, 0) is 30.7 Å². The molecule has 0 radical (unpaired) electrons. The molecule has 100 valence electrons. The van der Waals surface area contributed by atoms with E-state index in [2.05, 4.69) is 15.5 Å². The maximum absolute atomic E-state index is 11.9. The molecule has 0 spiro atoms. The summed E-state index contributed by atoms with van der Waals surface area (Å²) >= 11 is 0. The third-order valence-electron chi connectivity index (χ3n) is 3.73. The van der Waals surface area contributed by atoms with E-state index in [1.807, 2.05) is 6.20 Å². The molecule has 0 unspecified atom stereocenters. The molecule has 1 aliphatic carbocycles. The third-order valence-corrected chi connectivity index (χ3v) is 3.73. The van der Waals surface area contributed by atoms with E-state index in [-0.39, 0.29) is 11.9 Å². The van der Waals surface area contributed by atoms with Crippen LogP contribution in [0.3, 0.4) is 0 Å². The summed E-state index contributed by atoms with van der Waals surface area (Å²) in [6.07, 6.45) is 10.3. The Bertz CT molecular complexity index is 357. The van der Waals surface area contributed by atoms with Crippen molar-refractivity contribution in [3.63, 3.8) is 0 Å². The van der Waals surface area contributed by atoms with Gasteiger partial charge in [0.15, 0.2) is 0 Å². The molecule has 1 aromatic heterocycles. The summed E-state index contributed by atoms with van der Waals surface area (Å²) in [5.41, 5.74) is 7.12. The summed E-state index contributed by atoms with van der Waals surface area (Å²) in [4.78, 5) is 11.9. The van der Waals surface area contributed by atoms with Crippen molar-refractivity contribution < 1.29 is 4.79 Å². The molecule has 1 amide bonds. The van der Waals surface area contributed by atoms with Crippen molar-refractivity contribution in [3.05, 3.63) is 18.0 Å². The van der Waals surface area contributed by atoms with Gasteiger partial charge in [0.25, 0.3) is 0 Å². The summed E-state index contributed by atoms with van der Waals surface area (Å²) in [7, 11) is 0. The quantitative estimate of drug-likeness (QED) is 0.728. The summed E-state index contributed by atoms with van der Waals surface area (Å²) < 4.78 is 0. The van der Waals surface area contributed by atoms with E-state index >= 15 is 0 Å². The highest BCUT2D eigenvalue weighted by Gasteiger charge is 2.25. The molecule has 4 N–H and O–H groups in total. The number of H-pyrrole nitrogens is 1. The van der Waals surface area contributed by atoms with E-state index < -0.39 is 0 Å². The summed E-state index contributed by atoms with van der Waals surface area (Å²) in [6, 6.07) is -0.338. The van der Waals surface area contributed by atoms with E-state index in [0.29, 0.717) is 12.5 Å². The van der Waals surface area contributed by atoms with Crippen LogP contribution in [0.1, 0.15) is 37.7 Å². The standard InChI is InChI=1S/C13H22N4O/c14-12(11-4-2-1-3-5-11)13(18)15-7-6-10-8-16-17-9-10/h8-9,11-12H,1-7,14H2,(H,15,18)(H,16,17)/t12-/m1/s1. The monoisotopic (exact) mass is 250 g/mol. The number of carbonyl (C=O) groups is 1. The lowest BCUT2D eigenvalue weighted by Gasteiger charge is -2.26. The lowest BCUT2D eigenvalue weighted by molar-refractivity contribution is -0.123. The Morgan fingerprint density at radius 1 is 1.50 bits per heavy atom. The second-order valence-corrected chi connectivity index (χ2v) is 5.07. The second kappa shape index (κ2) is 6.54. The number of rotatable bonds is 5. The predicted molar refractivity (Wildman–Crippen MR) is 69.9 cm³/mol. The Balaban J connectivity index is 1.70. The Hall–Kier alpha value is -1.36. The number of carbonyl (C=O) groups excluding carboxylic acids is 1. The first-order chi connectivity index (χ1) is 8.77. The Morgan fingerprint density at radius 2 is 2.28 bits per heavy atom. The number of nitrogens with zero attached hydrogens (tertiary/aromatic N) is 1. The van der Waals surface area contributed by atoms with E-state index in [0.717, 1.165) is 24.8 Å². The van der Waals surface area contributed by atoms with Gasteiger partial charge in [-0.25, -0.2) is 0 Å². The average molecular weight is 250 g/mol.